The van der Waals surface area contributed by atoms with Crippen LogP contribution in [0.4, 0.5) is 0 Å². The van der Waals surface area contributed by atoms with E-state index in [-0.39, 0.29) is 18.4 Å². The van der Waals surface area contributed by atoms with Crippen molar-refractivity contribution in [3.8, 4) is 0 Å². The Morgan fingerprint density at radius 1 is 1.26 bits per heavy atom. The molecule has 1 rings (SSSR count). The van der Waals surface area contributed by atoms with Crippen LogP contribution in [0, 0.1) is 0 Å². The second kappa shape index (κ2) is 7.94. The number of hydrogen-bond acceptors (Lipinski definition) is 2. The van der Waals surface area contributed by atoms with Crippen LogP contribution in [-0.4, -0.2) is 17.0 Å². The largest absolute Gasteiger partial charge is 0.481 e. The average molecular weight is 328 g/mol. The molecule has 1 atom stereocenters. The molecule has 0 aromatic heterocycles. The minimum Gasteiger partial charge on any atom is -0.481 e. The number of carboxylic acid groups (broad SMARTS) is 1. The molecule has 1 unspecified atom stereocenters. The quantitative estimate of drug-likeness (QED) is 0.755. The molecule has 0 aliphatic carbocycles. The van der Waals surface area contributed by atoms with E-state index in [1.165, 1.54) is 0 Å². The first kappa shape index (κ1) is 15.7. The Morgan fingerprint density at radius 2 is 1.89 bits per heavy atom. The summed E-state index contributed by atoms with van der Waals surface area (Å²) in [5.74, 6) is -0.865. The second-order valence-corrected chi connectivity index (χ2v) is 5.27. The average Bonchev–Trinajstić information content (AvgIpc) is 2.35. The van der Waals surface area contributed by atoms with Gasteiger partial charge >= 0.3 is 5.97 Å². The molecule has 5 heteroatoms. The van der Waals surface area contributed by atoms with Gasteiger partial charge in [-0.1, -0.05) is 34.1 Å². The maximum Gasteiger partial charge on any atom is 0.303 e. The van der Waals surface area contributed by atoms with Gasteiger partial charge in [-0.15, -0.1) is 0 Å². The Balaban J connectivity index is 2.36. The van der Waals surface area contributed by atoms with Gasteiger partial charge in [-0.05, 0) is 31.4 Å². The molecule has 104 valence electrons. The first-order chi connectivity index (χ1) is 9.00. The number of nitrogens with one attached hydrogen (secondary N) is 1. The molecule has 19 heavy (non-hydrogen) atoms. The normalized spacial score (nSPS) is 11.9. The number of carbonyl (C=O) groups excluding carboxylic acids is 1. The number of carbonyl (C=O) groups is 2. The van der Waals surface area contributed by atoms with Gasteiger partial charge in [0.2, 0.25) is 5.91 Å². The summed E-state index contributed by atoms with van der Waals surface area (Å²) in [5, 5.41) is 11.4. The van der Waals surface area contributed by atoms with Gasteiger partial charge in [0, 0.05) is 17.3 Å². The van der Waals surface area contributed by atoms with Gasteiger partial charge in [-0.3, -0.25) is 9.59 Å². The lowest BCUT2D eigenvalue weighted by molar-refractivity contribution is -0.137. The summed E-state index contributed by atoms with van der Waals surface area (Å²) in [6.45, 7) is 1.93. The minimum absolute atomic E-state index is 0.0476. The molecular formula is C14H18BrNO3. The fraction of sp³-hybridized carbons (Fsp3) is 0.429. The smallest absolute Gasteiger partial charge is 0.303 e. The summed E-state index contributed by atoms with van der Waals surface area (Å²) in [6, 6.07) is 7.68. The molecule has 4 nitrogen and oxygen atoms in total. The fourth-order valence-electron chi connectivity index (χ4n) is 1.78. The van der Waals surface area contributed by atoms with Crippen LogP contribution in [0.1, 0.15) is 44.2 Å². The SMILES string of the molecule is CC(NC(=O)CCCCC(=O)O)c1ccccc1Br. The van der Waals surface area contributed by atoms with E-state index < -0.39 is 5.97 Å². The van der Waals surface area contributed by atoms with Gasteiger partial charge in [0.25, 0.3) is 0 Å². The van der Waals surface area contributed by atoms with E-state index in [0.717, 1.165) is 10.0 Å². The monoisotopic (exact) mass is 327 g/mol. The first-order valence-electron chi connectivity index (χ1n) is 6.26. The molecule has 0 heterocycles. The highest BCUT2D eigenvalue weighted by atomic mass is 79.9. The van der Waals surface area contributed by atoms with E-state index in [4.69, 9.17) is 5.11 Å². The maximum absolute atomic E-state index is 11.7. The van der Waals surface area contributed by atoms with E-state index in [1.807, 2.05) is 31.2 Å². The zero-order valence-corrected chi connectivity index (χ0v) is 12.4. The Hall–Kier alpha value is -1.36. The van der Waals surface area contributed by atoms with Gasteiger partial charge in [0.05, 0.1) is 6.04 Å². The predicted molar refractivity (Wildman–Crippen MR) is 76.8 cm³/mol. The number of carboxylic acids is 1. The third kappa shape index (κ3) is 5.87. The van der Waals surface area contributed by atoms with E-state index in [9.17, 15) is 9.59 Å². The third-order valence-corrected chi connectivity index (χ3v) is 3.52. The van der Waals surface area contributed by atoms with Crippen molar-refractivity contribution in [2.45, 2.75) is 38.6 Å². The highest BCUT2D eigenvalue weighted by Crippen LogP contribution is 2.22. The second-order valence-electron chi connectivity index (χ2n) is 4.41. The van der Waals surface area contributed by atoms with Crippen molar-refractivity contribution in [1.82, 2.24) is 5.32 Å². The van der Waals surface area contributed by atoms with Crippen LogP contribution < -0.4 is 5.32 Å². The number of halogens is 1. The van der Waals surface area contributed by atoms with Gasteiger partial charge in [-0.2, -0.15) is 0 Å². The van der Waals surface area contributed by atoms with Crippen molar-refractivity contribution >= 4 is 27.8 Å². The summed E-state index contributed by atoms with van der Waals surface area (Å²) in [5.41, 5.74) is 1.03. The lowest BCUT2D eigenvalue weighted by Crippen LogP contribution is -2.26. The summed E-state index contributed by atoms with van der Waals surface area (Å²) in [7, 11) is 0. The predicted octanol–water partition coefficient (Wildman–Crippen LogP) is 3.27. The van der Waals surface area contributed by atoms with Crippen molar-refractivity contribution in [3.05, 3.63) is 34.3 Å². The first-order valence-corrected chi connectivity index (χ1v) is 7.05. The van der Waals surface area contributed by atoms with Crippen LogP contribution >= 0.6 is 15.9 Å². The number of amides is 1. The summed E-state index contributed by atoms with van der Waals surface area (Å²) >= 11 is 3.45. The molecule has 0 spiro atoms. The van der Waals surface area contributed by atoms with Crippen LogP contribution in [-0.2, 0) is 9.59 Å². The number of aliphatic carboxylic acids is 1. The highest BCUT2D eigenvalue weighted by Gasteiger charge is 2.11. The van der Waals surface area contributed by atoms with Gasteiger partial charge in [-0.25, -0.2) is 0 Å². The van der Waals surface area contributed by atoms with E-state index in [0.29, 0.717) is 19.3 Å². The lowest BCUT2D eigenvalue weighted by Gasteiger charge is -2.15. The standard InChI is InChI=1S/C14H18BrNO3/c1-10(11-6-2-3-7-12(11)15)16-13(17)8-4-5-9-14(18)19/h2-3,6-7,10H,4-5,8-9H2,1H3,(H,16,17)(H,18,19). The van der Waals surface area contributed by atoms with Crippen LogP contribution in [0.5, 0.6) is 0 Å². The van der Waals surface area contributed by atoms with E-state index >= 15 is 0 Å². The summed E-state index contributed by atoms with van der Waals surface area (Å²) < 4.78 is 0.966. The Bertz CT molecular complexity index is 448. The van der Waals surface area contributed by atoms with Crippen molar-refractivity contribution in [2.24, 2.45) is 0 Å². The highest BCUT2D eigenvalue weighted by molar-refractivity contribution is 9.10. The molecule has 0 radical (unpaired) electrons. The van der Waals surface area contributed by atoms with Crippen molar-refractivity contribution < 1.29 is 14.7 Å². The number of rotatable bonds is 7. The molecule has 1 amide bonds. The number of benzene rings is 1. The van der Waals surface area contributed by atoms with Gasteiger partial charge in [0.1, 0.15) is 0 Å². The lowest BCUT2D eigenvalue weighted by atomic mass is 10.1. The van der Waals surface area contributed by atoms with Gasteiger partial charge < -0.3 is 10.4 Å². The summed E-state index contributed by atoms with van der Waals surface area (Å²) in [4.78, 5) is 22.0. The molecule has 1 aromatic rings. The van der Waals surface area contributed by atoms with Crippen LogP contribution in [0.2, 0.25) is 0 Å². The molecule has 2 N–H and O–H groups in total. The molecule has 0 aliphatic rings. The van der Waals surface area contributed by atoms with E-state index in [2.05, 4.69) is 21.2 Å². The maximum atomic E-state index is 11.7. The van der Waals surface area contributed by atoms with Crippen molar-refractivity contribution in [1.29, 1.82) is 0 Å². The Labute approximate surface area is 121 Å². The molecule has 0 saturated carbocycles. The van der Waals surface area contributed by atoms with Gasteiger partial charge in [0.15, 0.2) is 0 Å². The van der Waals surface area contributed by atoms with Crippen LogP contribution in [0.3, 0.4) is 0 Å². The van der Waals surface area contributed by atoms with Crippen molar-refractivity contribution in [3.63, 3.8) is 0 Å². The minimum atomic E-state index is -0.818. The van der Waals surface area contributed by atoms with E-state index in [1.54, 1.807) is 0 Å². The molecular weight excluding hydrogens is 310 g/mol. The number of unbranched alkanes of at least 4 members (excludes halogenated alkanes) is 1. The zero-order valence-electron chi connectivity index (χ0n) is 10.9. The molecule has 0 aliphatic heterocycles. The molecule has 1 aromatic carbocycles. The third-order valence-electron chi connectivity index (χ3n) is 2.79. The Kier molecular flexibility index (Phi) is 6.56. The molecule has 0 fully saturated rings. The molecule has 0 bridgehead atoms. The fourth-order valence-corrected chi connectivity index (χ4v) is 2.41. The van der Waals surface area contributed by atoms with Crippen molar-refractivity contribution in [2.75, 3.05) is 0 Å². The zero-order chi connectivity index (χ0) is 14.3. The summed E-state index contributed by atoms with van der Waals surface area (Å²) in [6.07, 6.45) is 1.61. The molecule has 0 saturated heterocycles. The van der Waals surface area contributed by atoms with Crippen LogP contribution in [0.25, 0.3) is 0 Å². The topological polar surface area (TPSA) is 66.4 Å². The number of hydrogen-bond donors (Lipinski definition) is 2. The Morgan fingerprint density at radius 3 is 2.53 bits per heavy atom. The van der Waals surface area contributed by atoms with Crippen LogP contribution in [0.15, 0.2) is 28.7 Å².